The maximum atomic E-state index is 12.6. The van der Waals surface area contributed by atoms with Crippen molar-refractivity contribution in [2.75, 3.05) is 13.1 Å². The average Bonchev–Trinajstić information content (AvgIpc) is 2.80. The molecule has 21 heavy (non-hydrogen) atoms. The van der Waals surface area contributed by atoms with Crippen molar-refractivity contribution in [3.8, 4) is 0 Å². The summed E-state index contributed by atoms with van der Waals surface area (Å²) in [4.78, 5) is 26.3. The number of carboxylic acid groups (broad SMARTS) is 1. The van der Waals surface area contributed by atoms with Gasteiger partial charge in [0.2, 0.25) is 5.91 Å². The molecule has 1 atom stereocenters. The highest BCUT2D eigenvalue weighted by Crippen LogP contribution is 2.39. The second kappa shape index (κ2) is 7.28. The van der Waals surface area contributed by atoms with Crippen LogP contribution in [0.4, 0.5) is 0 Å². The molecule has 4 heteroatoms. The van der Waals surface area contributed by atoms with Gasteiger partial charge in [0.1, 0.15) is 0 Å². The van der Waals surface area contributed by atoms with Crippen molar-refractivity contribution in [2.45, 2.75) is 71.1 Å². The van der Waals surface area contributed by atoms with Crippen molar-refractivity contribution in [3.63, 3.8) is 0 Å². The van der Waals surface area contributed by atoms with Crippen molar-refractivity contribution >= 4 is 11.9 Å². The molecule has 4 nitrogen and oxygen atoms in total. The predicted molar refractivity (Wildman–Crippen MR) is 82.0 cm³/mol. The number of rotatable bonds is 3. The predicted octanol–water partition coefficient (Wildman–Crippen LogP) is 3.45. The number of carboxylic acids is 1. The molecular formula is C17H29NO3. The molecule has 1 heterocycles. The summed E-state index contributed by atoms with van der Waals surface area (Å²) in [7, 11) is 0. The summed E-state index contributed by atoms with van der Waals surface area (Å²) in [5.74, 6) is -0.0246. The van der Waals surface area contributed by atoms with Crippen molar-refractivity contribution in [2.24, 2.45) is 11.3 Å². The highest BCUT2D eigenvalue weighted by molar-refractivity contribution is 5.85. The van der Waals surface area contributed by atoms with Gasteiger partial charge in [-0.3, -0.25) is 9.59 Å². The van der Waals surface area contributed by atoms with Crippen molar-refractivity contribution < 1.29 is 14.7 Å². The van der Waals surface area contributed by atoms with Crippen LogP contribution in [0.1, 0.15) is 71.1 Å². The molecule has 0 bridgehead atoms. The standard InChI is InChI=1S/C17H29NO3/c1-14-7-6-11-18(12-8-14)15(19)13-17(16(20)21)9-4-2-3-5-10-17/h14H,2-13H2,1H3,(H,20,21). The van der Waals surface area contributed by atoms with E-state index < -0.39 is 11.4 Å². The van der Waals surface area contributed by atoms with Crippen LogP contribution in [0.15, 0.2) is 0 Å². The Hall–Kier alpha value is -1.06. The van der Waals surface area contributed by atoms with Gasteiger partial charge in [0.15, 0.2) is 0 Å². The number of likely N-dealkylation sites (tertiary alicyclic amines) is 1. The topological polar surface area (TPSA) is 57.6 Å². The van der Waals surface area contributed by atoms with Gasteiger partial charge in [-0.2, -0.15) is 0 Å². The number of carbonyl (C=O) groups excluding carboxylic acids is 1. The van der Waals surface area contributed by atoms with Gasteiger partial charge >= 0.3 is 5.97 Å². The number of amides is 1. The fourth-order valence-electron chi connectivity index (χ4n) is 3.79. The van der Waals surface area contributed by atoms with Crippen LogP contribution in [0.3, 0.4) is 0 Å². The number of aliphatic carboxylic acids is 1. The molecule has 1 N–H and O–H groups in total. The van der Waals surface area contributed by atoms with Gasteiger partial charge in [0.25, 0.3) is 0 Å². The molecule has 1 aliphatic carbocycles. The third-order valence-corrected chi connectivity index (χ3v) is 5.37. The normalized spacial score (nSPS) is 26.7. The molecule has 1 saturated carbocycles. The Morgan fingerprint density at radius 3 is 2.33 bits per heavy atom. The van der Waals surface area contributed by atoms with Gasteiger partial charge < -0.3 is 10.0 Å². The highest BCUT2D eigenvalue weighted by Gasteiger charge is 2.41. The Morgan fingerprint density at radius 2 is 1.71 bits per heavy atom. The number of nitrogens with zero attached hydrogens (tertiary/aromatic N) is 1. The Kier molecular flexibility index (Phi) is 5.65. The monoisotopic (exact) mass is 295 g/mol. The van der Waals surface area contributed by atoms with Crippen LogP contribution in [-0.2, 0) is 9.59 Å². The summed E-state index contributed by atoms with van der Waals surface area (Å²) < 4.78 is 0. The second-order valence-corrected chi connectivity index (χ2v) is 7.09. The zero-order valence-electron chi connectivity index (χ0n) is 13.3. The molecule has 120 valence electrons. The third kappa shape index (κ3) is 4.21. The SMILES string of the molecule is CC1CCCN(C(=O)CC2(C(=O)O)CCCCCC2)CC1. The zero-order chi connectivity index (χ0) is 15.3. The first kappa shape index (κ1) is 16.3. The van der Waals surface area contributed by atoms with Crippen LogP contribution < -0.4 is 0 Å². The maximum Gasteiger partial charge on any atom is 0.310 e. The van der Waals surface area contributed by atoms with Gasteiger partial charge in [-0.15, -0.1) is 0 Å². The lowest BCUT2D eigenvalue weighted by Gasteiger charge is -2.30. The summed E-state index contributed by atoms with van der Waals surface area (Å²) in [6, 6.07) is 0. The first-order valence-corrected chi connectivity index (χ1v) is 8.55. The fraction of sp³-hybridized carbons (Fsp3) is 0.882. The lowest BCUT2D eigenvalue weighted by atomic mass is 9.77. The van der Waals surface area contributed by atoms with Crippen molar-refractivity contribution in [3.05, 3.63) is 0 Å². The maximum absolute atomic E-state index is 12.6. The molecule has 1 unspecified atom stereocenters. The Labute approximate surface area is 127 Å². The Balaban J connectivity index is 2.02. The summed E-state index contributed by atoms with van der Waals surface area (Å²) in [6.07, 6.45) is 8.89. The van der Waals surface area contributed by atoms with E-state index in [-0.39, 0.29) is 12.3 Å². The molecule has 1 amide bonds. The minimum atomic E-state index is -0.800. The van der Waals surface area contributed by atoms with E-state index in [2.05, 4.69) is 6.92 Å². The van der Waals surface area contributed by atoms with Gasteiger partial charge in [0, 0.05) is 19.5 Å². The molecule has 0 aromatic rings. The van der Waals surface area contributed by atoms with Crippen molar-refractivity contribution in [1.82, 2.24) is 4.90 Å². The van der Waals surface area contributed by atoms with Crippen LogP contribution in [-0.4, -0.2) is 35.0 Å². The molecule has 0 aromatic heterocycles. The van der Waals surface area contributed by atoms with Crippen LogP contribution in [0.25, 0.3) is 0 Å². The first-order chi connectivity index (χ1) is 10.0. The van der Waals surface area contributed by atoms with Gasteiger partial charge in [0.05, 0.1) is 5.41 Å². The minimum Gasteiger partial charge on any atom is -0.481 e. The largest absolute Gasteiger partial charge is 0.481 e. The molecule has 2 aliphatic rings. The van der Waals surface area contributed by atoms with E-state index in [9.17, 15) is 14.7 Å². The summed E-state index contributed by atoms with van der Waals surface area (Å²) >= 11 is 0. The summed E-state index contributed by atoms with van der Waals surface area (Å²) in [6.45, 7) is 3.84. The Bertz CT molecular complexity index is 372. The second-order valence-electron chi connectivity index (χ2n) is 7.09. The van der Waals surface area contributed by atoms with E-state index in [0.717, 1.165) is 51.6 Å². The van der Waals surface area contributed by atoms with Crippen LogP contribution in [0.2, 0.25) is 0 Å². The average molecular weight is 295 g/mol. The number of hydrogen-bond acceptors (Lipinski definition) is 2. The molecule has 0 spiro atoms. The fourth-order valence-corrected chi connectivity index (χ4v) is 3.79. The molecule has 2 fully saturated rings. The molecular weight excluding hydrogens is 266 g/mol. The lowest BCUT2D eigenvalue weighted by Crippen LogP contribution is -2.40. The summed E-state index contributed by atoms with van der Waals surface area (Å²) in [5, 5.41) is 9.69. The van der Waals surface area contributed by atoms with Crippen molar-refractivity contribution in [1.29, 1.82) is 0 Å². The van der Waals surface area contributed by atoms with Crippen LogP contribution in [0, 0.1) is 11.3 Å². The van der Waals surface area contributed by atoms with Crippen LogP contribution in [0.5, 0.6) is 0 Å². The number of hydrogen-bond donors (Lipinski definition) is 1. The van der Waals surface area contributed by atoms with Gasteiger partial charge in [-0.1, -0.05) is 32.6 Å². The molecule has 0 radical (unpaired) electrons. The van der Waals surface area contributed by atoms with E-state index in [1.807, 2.05) is 4.90 Å². The van der Waals surface area contributed by atoms with E-state index in [0.29, 0.717) is 18.8 Å². The zero-order valence-corrected chi connectivity index (χ0v) is 13.3. The van der Waals surface area contributed by atoms with Gasteiger partial charge in [-0.25, -0.2) is 0 Å². The Morgan fingerprint density at radius 1 is 1.05 bits per heavy atom. The first-order valence-electron chi connectivity index (χ1n) is 8.55. The minimum absolute atomic E-state index is 0.0633. The van der Waals surface area contributed by atoms with Gasteiger partial charge in [-0.05, 0) is 38.0 Å². The van der Waals surface area contributed by atoms with E-state index >= 15 is 0 Å². The quantitative estimate of drug-likeness (QED) is 0.811. The smallest absolute Gasteiger partial charge is 0.310 e. The lowest BCUT2D eigenvalue weighted by molar-refractivity contribution is -0.154. The van der Waals surface area contributed by atoms with E-state index in [1.165, 1.54) is 6.42 Å². The molecule has 2 rings (SSSR count). The number of carbonyl (C=O) groups is 2. The molecule has 0 aromatic carbocycles. The highest BCUT2D eigenvalue weighted by atomic mass is 16.4. The van der Waals surface area contributed by atoms with Crippen LogP contribution >= 0.6 is 0 Å². The van der Waals surface area contributed by atoms with E-state index in [4.69, 9.17) is 0 Å². The molecule has 1 saturated heterocycles. The van der Waals surface area contributed by atoms with E-state index in [1.54, 1.807) is 0 Å². The summed E-state index contributed by atoms with van der Waals surface area (Å²) in [5.41, 5.74) is -0.800. The molecule has 1 aliphatic heterocycles. The third-order valence-electron chi connectivity index (χ3n) is 5.37.